The van der Waals surface area contributed by atoms with Gasteiger partial charge in [-0.1, -0.05) is 23.7 Å². The first-order valence-electron chi connectivity index (χ1n) is 12.7. The maximum absolute atomic E-state index is 12.7. The molecule has 200 valence electrons. The number of nitrogens with zero attached hydrogens (tertiary/aromatic N) is 3. The van der Waals surface area contributed by atoms with E-state index in [2.05, 4.69) is 15.3 Å². The molecule has 1 N–H and O–H groups in total. The average Bonchev–Trinajstić information content (AvgIpc) is 3.37. The molecule has 0 spiro atoms. The van der Waals surface area contributed by atoms with E-state index in [1.807, 2.05) is 36.1 Å². The summed E-state index contributed by atoms with van der Waals surface area (Å²) in [5, 5.41) is 3.46. The molecule has 9 nitrogen and oxygen atoms in total. The standard InChI is InChI=1S/C27H35ClN4O5/c1-18(25(34)31-20-9-12-35-13-10-20)19-4-6-21(7-5-19)37-22-8-11-32(14-22)24-23(28)26(30-17-29-24)36-16-27(2,3)15-33/h4-7,15,17-18,20,22H,8-14,16H2,1-3H3,(H,31,34)/t18?,22-/m1/s1. The van der Waals surface area contributed by atoms with Crippen LogP contribution in [0.5, 0.6) is 11.6 Å². The van der Waals surface area contributed by atoms with Crippen LogP contribution in [0.25, 0.3) is 0 Å². The first-order chi connectivity index (χ1) is 17.8. The number of nitrogens with one attached hydrogen (secondary N) is 1. The lowest BCUT2D eigenvalue weighted by Crippen LogP contribution is -2.40. The van der Waals surface area contributed by atoms with Crippen molar-refractivity contribution in [2.75, 3.05) is 37.8 Å². The highest BCUT2D eigenvalue weighted by atomic mass is 35.5. The number of amides is 1. The normalized spacial score (nSPS) is 19.4. The number of ether oxygens (including phenoxy) is 3. The molecule has 0 radical (unpaired) electrons. The van der Waals surface area contributed by atoms with Crippen molar-refractivity contribution >= 4 is 29.6 Å². The van der Waals surface area contributed by atoms with Gasteiger partial charge in [0.05, 0.1) is 17.9 Å². The largest absolute Gasteiger partial charge is 0.489 e. The molecular weight excluding hydrogens is 496 g/mol. The second-order valence-corrected chi connectivity index (χ2v) is 10.7. The van der Waals surface area contributed by atoms with Crippen LogP contribution in [0.4, 0.5) is 5.82 Å². The van der Waals surface area contributed by atoms with Crippen LogP contribution in [0.2, 0.25) is 5.02 Å². The quantitative estimate of drug-likeness (QED) is 0.463. The number of rotatable bonds is 10. The second kappa shape index (κ2) is 12.1. The predicted molar refractivity (Wildman–Crippen MR) is 140 cm³/mol. The van der Waals surface area contributed by atoms with Crippen LogP contribution in [-0.4, -0.2) is 67.2 Å². The molecule has 1 unspecified atom stereocenters. The van der Waals surface area contributed by atoms with E-state index in [-0.39, 0.29) is 36.5 Å². The van der Waals surface area contributed by atoms with Crippen LogP contribution in [-0.2, 0) is 14.3 Å². The van der Waals surface area contributed by atoms with E-state index < -0.39 is 5.41 Å². The van der Waals surface area contributed by atoms with Crippen LogP contribution in [0, 0.1) is 5.41 Å². The van der Waals surface area contributed by atoms with E-state index in [1.54, 1.807) is 13.8 Å². The van der Waals surface area contributed by atoms with E-state index in [4.69, 9.17) is 25.8 Å². The van der Waals surface area contributed by atoms with Gasteiger partial charge in [-0.25, -0.2) is 9.97 Å². The van der Waals surface area contributed by atoms with E-state index in [9.17, 15) is 9.59 Å². The third-order valence-electron chi connectivity index (χ3n) is 6.73. The molecule has 0 saturated carbocycles. The molecule has 0 aliphatic carbocycles. The molecule has 2 aliphatic rings. The molecule has 2 aromatic rings. The molecular formula is C27H35ClN4O5. The number of carbonyl (C=O) groups excluding carboxylic acids is 2. The molecule has 2 fully saturated rings. The molecule has 1 amide bonds. The molecule has 0 bridgehead atoms. The highest BCUT2D eigenvalue weighted by Gasteiger charge is 2.29. The second-order valence-electron chi connectivity index (χ2n) is 10.4. The van der Waals surface area contributed by atoms with Crippen molar-refractivity contribution in [1.82, 2.24) is 15.3 Å². The lowest BCUT2D eigenvalue weighted by atomic mass is 9.98. The highest BCUT2D eigenvalue weighted by Crippen LogP contribution is 2.34. The number of hydrogen-bond donors (Lipinski definition) is 1. The Morgan fingerprint density at radius 1 is 1.24 bits per heavy atom. The molecule has 1 aromatic heterocycles. The number of hydrogen-bond acceptors (Lipinski definition) is 8. The van der Waals surface area contributed by atoms with Gasteiger partial charge in [-0.3, -0.25) is 4.79 Å². The van der Waals surface area contributed by atoms with Crippen molar-refractivity contribution in [1.29, 1.82) is 0 Å². The van der Waals surface area contributed by atoms with Gasteiger partial charge in [0, 0.05) is 32.2 Å². The summed E-state index contributed by atoms with van der Waals surface area (Å²) in [5.74, 6) is 1.39. The SMILES string of the molecule is CC(C(=O)NC1CCOCC1)c1ccc(O[C@@H]2CCN(c3ncnc(OCC(C)(C)C=O)c3Cl)C2)cc1. The fourth-order valence-electron chi connectivity index (χ4n) is 4.32. The van der Waals surface area contributed by atoms with Gasteiger partial charge < -0.3 is 29.2 Å². The van der Waals surface area contributed by atoms with Gasteiger partial charge in [-0.15, -0.1) is 0 Å². The zero-order valence-electron chi connectivity index (χ0n) is 21.6. The summed E-state index contributed by atoms with van der Waals surface area (Å²) >= 11 is 6.54. The van der Waals surface area contributed by atoms with Gasteiger partial charge in [0.2, 0.25) is 11.8 Å². The Bertz CT molecular complexity index is 1070. The predicted octanol–water partition coefficient (Wildman–Crippen LogP) is 3.79. The van der Waals surface area contributed by atoms with Crippen molar-refractivity contribution in [3.05, 3.63) is 41.2 Å². The van der Waals surface area contributed by atoms with Crippen LogP contribution in [0.1, 0.15) is 51.5 Å². The van der Waals surface area contributed by atoms with E-state index in [1.165, 1.54) is 6.33 Å². The van der Waals surface area contributed by atoms with Gasteiger partial charge in [-0.05, 0) is 51.3 Å². The van der Waals surface area contributed by atoms with Gasteiger partial charge in [0.1, 0.15) is 36.1 Å². The minimum absolute atomic E-state index is 0.0341. The third-order valence-corrected chi connectivity index (χ3v) is 7.06. The number of anilines is 1. The number of aldehydes is 1. The van der Waals surface area contributed by atoms with Crippen LogP contribution in [0.3, 0.4) is 0 Å². The van der Waals surface area contributed by atoms with Gasteiger partial charge >= 0.3 is 0 Å². The van der Waals surface area contributed by atoms with Crippen molar-refractivity contribution in [2.45, 2.75) is 58.1 Å². The first kappa shape index (κ1) is 27.1. The van der Waals surface area contributed by atoms with E-state index in [0.29, 0.717) is 30.6 Å². The molecule has 37 heavy (non-hydrogen) atoms. The number of halogens is 1. The monoisotopic (exact) mass is 530 g/mol. The van der Waals surface area contributed by atoms with E-state index >= 15 is 0 Å². The third kappa shape index (κ3) is 7.11. The lowest BCUT2D eigenvalue weighted by molar-refractivity contribution is -0.123. The number of benzene rings is 1. The Balaban J connectivity index is 1.31. The summed E-state index contributed by atoms with van der Waals surface area (Å²) < 4.78 is 17.3. The molecule has 1 aromatic carbocycles. The zero-order chi connectivity index (χ0) is 26.4. The van der Waals surface area contributed by atoms with Crippen LogP contribution < -0.4 is 19.7 Å². The summed E-state index contributed by atoms with van der Waals surface area (Å²) in [6.45, 7) is 8.39. The summed E-state index contributed by atoms with van der Waals surface area (Å²) in [6, 6.07) is 7.90. The number of carbonyl (C=O) groups is 2. The topological polar surface area (TPSA) is 103 Å². The maximum Gasteiger partial charge on any atom is 0.237 e. The van der Waals surface area contributed by atoms with Crippen molar-refractivity contribution in [3.63, 3.8) is 0 Å². The fraction of sp³-hybridized carbons (Fsp3) is 0.556. The summed E-state index contributed by atoms with van der Waals surface area (Å²) in [4.78, 5) is 34.4. The number of aromatic nitrogens is 2. The fourth-order valence-corrected chi connectivity index (χ4v) is 4.59. The molecule has 2 atom stereocenters. The minimum Gasteiger partial charge on any atom is -0.489 e. The zero-order valence-corrected chi connectivity index (χ0v) is 22.4. The first-order valence-corrected chi connectivity index (χ1v) is 13.1. The van der Waals surface area contributed by atoms with E-state index in [0.717, 1.165) is 43.4 Å². The van der Waals surface area contributed by atoms with Crippen molar-refractivity contribution in [3.8, 4) is 11.6 Å². The Hall–Kier alpha value is -2.91. The maximum atomic E-state index is 12.7. The minimum atomic E-state index is -0.636. The Kier molecular flexibility index (Phi) is 8.87. The molecule has 2 saturated heterocycles. The van der Waals surface area contributed by atoms with Gasteiger partial charge in [-0.2, -0.15) is 0 Å². The molecule has 3 heterocycles. The Morgan fingerprint density at radius 3 is 2.68 bits per heavy atom. The Labute approximate surface area is 222 Å². The molecule has 2 aliphatic heterocycles. The van der Waals surface area contributed by atoms with Crippen molar-refractivity contribution < 1.29 is 23.8 Å². The summed E-state index contributed by atoms with van der Waals surface area (Å²) in [5.41, 5.74) is 0.311. The van der Waals surface area contributed by atoms with Crippen molar-refractivity contribution in [2.24, 2.45) is 5.41 Å². The molecule has 4 rings (SSSR count). The average molecular weight is 531 g/mol. The van der Waals surface area contributed by atoms with Gasteiger partial charge in [0.25, 0.3) is 0 Å². The van der Waals surface area contributed by atoms with Crippen LogP contribution in [0.15, 0.2) is 30.6 Å². The Morgan fingerprint density at radius 2 is 1.97 bits per heavy atom. The summed E-state index contributed by atoms with van der Waals surface area (Å²) in [7, 11) is 0. The lowest BCUT2D eigenvalue weighted by Gasteiger charge is -2.25. The summed E-state index contributed by atoms with van der Waals surface area (Å²) in [6.07, 6.45) is 4.75. The van der Waals surface area contributed by atoms with Gasteiger partial charge in [0.15, 0.2) is 5.82 Å². The highest BCUT2D eigenvalue weighted by molar-refractivity contribution is 6.34. The smallest absolute Gasteiger partial charge is 0.237 e. The molecule has 10 heteroatoms. The van der Waals surface area contributed by atoms with Crippen LogP contribution >= 0.6 is 11.6 Å².